The van der Waals surface area contributed by atoms with Crippen LogP contribution in [-0.2, 0) is 0 Å². The Kier molecular flexibility index (Phi) is 2.83. The lowest BCUT2D eigenvalue weighted by atomic mass is 10.2. The highest BCUT2D eigenvalue weighted by molar-refractivity contribution is 6.33. The first-order chi connectivity index (χ1) is 7.67. The van der Waals surface area contributed by atoms with Crippen molar-refractivity contribution < 1.29 is 19.0 Å². The van der Waals surface area contributed by atoms with E-state index in [0.29, 0.717) is 28.5 Å². The van der Waals surface area contributed by atoms with Crippen molar-refractivity contribution in [2.75, 3.05) is 13.7 Å². The smallest absolute Gasteiger partial charge is 0.285 e. The van der Waals surface area contributed by atoms with Gasteiger partial charge in [-0.25, -0.2) is 0 Å². The molecule has 0 saturated heterocycles. The van der Waals surface area contributed by atoms with E-state index in [1.54, 1.807) is 12.1 Å². The molecule has 0 fully saturated rings. The topological polar surface area (TPSA) is 51.8 Å². The summed E-state index contributed by atoms with van der Waals surface area (Å²) in [5.41, 5.74) is 0.465. The molecule has 0 radical (unpaired) electrons. The molecule has 5 heteroatoms. The maximum absolute atomic E-state index is 9.89. The Morgan fingerprint density at radius 3 is 2.81 bits per heavy atom. The summed E-state index contributed by atoms with van der Waals surface area (Å²) in [6, 6.07) is 3.19. The first-order valence-electron chi connectivity index (χ1n) is 4.79. The zero-order valence-electron chi connectivity index (χ0n) is 8.91. The minimum absolute atomic E-state index is 0.0419. The number of methoxy groups -OCH3 is 1. The van der Waals surface area contributed by atoms with Crippen LogP contribution >= 0.6 is 11.6 Å². The Labute approximate surface area is 97.3 Å². The standard InChI is InChI=1S/C11H11ClO4/c1-3-15-9-4-6-8(16-9)5-7(12)11(14-2)10(6)13/h4-5,13H,3H2,1-2H3. The number of rotatable bonds is 3. The van der Waals surface area contributed by atoms with Gasteiger partial charge in [-0.15, -0.1) is 0 Å². The molecule has 2 rings (SSSR count). The van der Waals surface area contributed by atoms with E-state index in [2.05, 4.69) is 0 Å². The first kappa shape index (κ1) is 11.0. The maximum atomic E-state index is 9.89. The number of hydrogen-bond donors (Lipinski definition) is 1. The fourth-order valence-electron chi connectivity index (χ4n) is 1.50. The molecule has 2 aromatic rings. The summed E-state index contributed by atoms with van der Waals surface area (Å²) in [5.74, 6) is 0.537. The summed E-state index contributed by atoms with van der Waals surface area (Å²) in [6.45, 7) is 2.34. The Morgan fingerprint density at radius 2 is 2.19 bits per heavy atom. The molecule has 0 bridgehead atoms. The first-order valence-corrected chi connectivity index (χ1v) is 5.17. The van der Waals surface area contributed by atoms with Gasteiger partial charge in [0.05, 0.1) is 24.1 Å². The number of fused-ring (bicyclic) bond motifs is 1. The van der Waals surface area contributed by atoms with Gasteiger partial charge in [-0.1, -0.05) is 11.6 Å². The number of phenolic OH excluding ortho intramolecular Hbond substituents is 1. The van der Waals surface area contributed by atoms with E-state index in [1.165, 1.54) is 7.11 Å². The van der Waals surface area contributed by atoms with Crippen LogP contribution in [0.5, 0.6) is 17.4 Å². The molecule has 0 aliphatic carbocycles. The largest absolute Gasteiger partial charge is 0.504 e. The van der Waals surface area contributed by atoms with Gasteiger partial charge in [-0.05, 0) is 6.92 Å². The molecule has 4 nitrogen and oxygen atoms in total. The molecule has 1 aromatic carbocycles. The number of phenols is 1. The quantitative estimate of drug-likeness (QED) is 0.898. The lowest BCUT2D eigenvalue weighted by molar-refractivity contribution is 0.265. The highest BCUT2D eigenvalue weighted by Crippen LogP contribution is 2.43. The fraction of sp³-hybridized carbons (Fsp3) is 0.273. The minimum Gasteiger partial charge on any atom is -0.504 e. The van der Waals surface area contributed by atoms with Gasteiger partial charge in [-0.2, -0.15) is 0 Å². The van der Waals surface area contributed by atoms with Crippen LogP contribution in [-0.4, -0.2) is 18.8 Å². The lowest BCUT2D eigenvalue weighted by Gasteiger charge is -2.05. The predicted molar refractivity (Wildman–Crippen MR) is 60.6 cm³/mol. The van der Waals surface area contributed by atoms with Gasteiger partial charge in [0, 0.05) is 12.1 Å². The van der Waals surface area contributed by atoms with E-state index >= 15 is 0 Å². The second-order valence-electron chi connectivity index (χ2n) is 3.15. The fourth-order valence-corrected chi connectivity index (χ4v) is 1.76. The number of ether oxygens (including phenoxy) is 2. The SMILES string of the molecule is CCOc1cc2c(O)c(OC)c(Cl)cc2o1. The van der Waals surface area contributed by atoms with Gasteiger partial charge in [0.25, 0.3) is 5.95 Å². The van der Waals surface area contributed by atoms with E-state index in [-0.39, 0.29) is 11.5 Å². The molecule has 0 aliphatic rings. The van der Waals surface area contributed by atoms with Crippen LogP contribution < -0.4 is 9.47 Å². The molecule has 1 aromatic heterocycles. The zero-order chi connectivity index (χ0) is 11.7. The van der Waals surface area contributed by atoms with E-state index < -0.39 is 0 Å². The molecule has 0 atom stereocenters. The van der Waals surface area contributed by atoms with Crippen LogP contribution in [0.3, 0.4) is 0 Å². The second kappa shape index (κ2) is 4.14. The average molecular weight is 243 g/mol. The van der Waals surface area contributed by atoms with Crippen molar-refractivity contribution in [2.45, 2.75) is 6.92 Å². The minimum atomic E-state index is -0.0419. The van der Waals surface area contributed by atoms with Crippen molar-refractivity contribution in [1.82, 2.24) is 0 Å². The third kappa shape index (κ3) is 1.65. The van der Waals surface area contributed by atoms with Crippen LogP contribution in [0.25, 0.3) is 11.0 Å². The van der Waals surface area contributed by atoms with Gasteiger partial charge in [-0.3, -0.25) is 0 Å². The Morgan fingerprint density at radius 1 is 1.44 bits per heavy atom. The van der Waals surface area contributed by atoms with E-state index in [9.17, 15) is 5.11 Å². The summed E-state index contributed by atoms with van der Waals surface area (Å²) < 4.78 is 15.5. The van der Waals surface area contributed by atoms with Gasteiger partial charge < -0.3 is 19.0 Å². The van der Waals surface area contributed by atoms with E-state index in [1.807, 2.05) is 6.92 Å². The van der Waals surface area contributed by atoms with Crippen LogP contribution in [0, 0.1) is 0 Å². The van der Waals surface area contributed by atoms with Crippen molar-refractivity contribution in [1.29, 1.82) is 0 Å². The zero-order valence-corrected chi connectivity index (χ0v) is 9.67. The summed E-state index contributed by atoms with van der Waals surface area (Å²) in [7, 11) is 1.44. The number of furan rings is 1. The third-order valence-corrected chi connectivity index (χ3v) is 2.45. The van der Waals surface area contributed by atoms with Crippen molar-refractivity contribution in [3.8, 4) is 17.4 Å². The molecule has 86 valence electrons. The highest BCUT2D eigenvalue weighted by atomic mass is 35.5. The van der Waals surface area contributed by atoms with E-state index in [4.69, 9.17) is 25.5 Å². The van der Waals surface area contributed by atoms with Crippen molar-refractivity contribution >= 4 is 22.6 Å². The molecule has 1 N–H and O–H groups in total. The molecule has 0 aliphatic heterocycles. The van der Waals surface area contributed by atoms with Gasteiger partial charge in [0.15, 0.2) is 11.5 Å². The summed E-state index contributed by atoms with van der Waals surface area (Å²) in [5, 5.41) is 10.7. The lowest BCUT2D eigenvalue weighted by Crippen LogP contribution is -1.87. The molecule has 0 amide bonds. The monoisotopic (exact) mass is 242 g/mol. The second-order valence-corrected chi connectivity index (χ2v) is 3.56. The third-order valence-electron chi connectivity index (χ3n) is 2.17. The Balaban J connectivity index is 2.63. The van der Waals surface area contributed by atoms with Crippen LogP contribution in [0.2, 0.25) is 5.02 Å². The van der Waals surface area contributed by atoms with Gasteiger partial charge >= 0.3 is 0 Å². The van der Waals surface area contributed by atoms with Crippen LogP contribution in [0.4, 0.5) is 0 Å². The molecule has 0 unspecified atom stereocenters. The molecular formula is C11H11ClO4. The van der Waals surface area contributed by atoms with E-state index in [0.717, 1.165) is 0 Å². The summed E-state index contributed by atoms with van der Waals surface area (Å²) in [6.07, 6.45) is 0. The Hall–Kier alpha value is -1.55. The van der Waals surface area contributed by atoms with Crippen molar-refractivity contribution in [3.63, 3.8) is 0 Å². The van der Waals surface area contributed by atoms with Crippen LogP contribution in [0.1, 0.15) is 6.92 Å². The molecule has 0 spiro atoms. The van der Waals surface area contributed by atoms with Gasteiger partial charge in [0.2, 0.25) is 0 Å². The highest BCUT2D eigenvalue weighted by Gasteiger charge is 2.16. The predicted octanol–water partition coefficient (Wildman–Crippen LogP) is 3.20. The maximum Gasteiger partial charge on any atom is 0.285 e. The summed E-state index contributed by atoms with van der Waals surface area (Å²) >= 11 is 5.91. The molecule has 0 saturated carbocycles. The Bertz CT molecular complexity index is 518. The van der Waals surface area contributed by atoms with Crippen LogP contribution in [0.15, 0.2) is 16.5 Å². The molecule has 1 heterocycles. The molecular weight excluding hydrogens is 232 g/mol. The number of halogens is 1. The number of aromatic hydroxyl groups is 1. The van der Waals surface area contributed by atoms with Crippen molar-refractivity contribution in [3.05, 3.63) is 17.2 Å². The van der Waals surface area contributed by atoms with Crippen molar-refractivity contribution in [2.24, 2.45) is 0 Å². The molecule has 16 heavy (non-hydrogen) atoms. The normalized spacial score (nSPS) is 10.7. The van der Waals surface area contributed by atoms with Gasteiger partial charge in [0.1, 0.15) is 5.58 Å². The summed E-state index contributed by atoms with van der Waals surface area (Å²) in [4.78, 5) is 0. The average Bonchev–Trinajstić information content (AvgIpc) is 2.62. The number of benzene rings is 1. The number of hydrogen-bond acceptors (Lipinski definition) is 4.